The molecule has 0 radical (unpaired) electrons. The van der Waals surface area contributed by atoms with E-state index in [1.165, 1.54) is 46.7 Å². The summed E-state index contributed by atoms with van der Waals surface area (Å²) in [6, 6.07) is 7.23. The first-order valence-corrected chi connectivity index (χ1v) is 9.29. The van der Waals surface area contributed by atoms with E-state index in [4.69, 9.17) is 4.74 Å². The molecule has 0 spiro atoms. The zero-order chi connectivity index (χ0) is 20.3. The Hall–Kier alpha value is -2.66. The summed E-state index contributed by atoms with van der Waals surface area (Å²) in [7, 11) is 1.77. The number of ether oxygens (including phenoxy) is 1. The molecular weight excluding hydrogens is 395 g/mol. The summed E-state index contributed by atoms with van der Waals surface area (Å²) >= 11 is 1.39. The Balaban J connectivity index is 1.91. The normalized spacial score (nSPS) is 14.4. The molecule has 2 aromatic rings. The maximum absolute atomic E-state index is 12.8. The van der Waals surface area contributed by atoms with Crippen molar-refractivity contribution in [2.24, 2.45) is 0 Å². The van der Waals surface area contributed by atoms with Gasteiger partial charge in [0.25, 0.3) is 5.56 Å². The van der Waals surface area contributed by atoms with E-state index in [9.17, 15) is 18.0 Å². The average Bonchev–Trinajstić information content (AvgIpc) is 3.06. The lowest BCUT2D eigenvalue weighted by atomic mass is 10.3. The van der Waals surface area contributed by atoms with Crippen LogP contribution < -0.4 is 21.1 Å². The number of benzene rings is 1. The van der Waals surface area contributed by atoms with Crippen LogP contribution in [0.3, 0.4) is 0 Å². The van der Waals surface area contributed by atoms with E-state index >= 15 is 0 Å². The molecule has 1 aromatic carbocycles. The molecule has 7 nitrogen and oxygen atoms in total. The first-order valence-electron chi connectivity index (χ1n) is 8.31. The number of nitrogens with zero attached hydrogens (tertiary/aromatic N) is 3. The van der Waals surface area contributed by atoms with E-state index in [0.29, 0.717) is 28.0 Å². The highest BCUT2D eigenvalue weighted by molar-refractivity contribution is 7.99. The van der Waals surface area contributed by atoms with Gasteiger partial charge < -0.3 is 10.2 Å². The van der Waals surface area contributed by atoms with Gasteiger partial charge in [0.05, 0.1) is 17.1 Å². The molecule has 2 heterocycles. The van der Waals surface area contributed by atoms with Gasteiger partial charge in [-0.2, -0.15) is 13.2 Å². The van der Waals surface area contributed by atoms with Crippen molar-refractivity contribution >= 4 is 17.5 Å². The Bertz CT molecular complexity index is 928. The van der Waals surface area contributed by atoms with Crippen molar-refractivity contribution in [1.29, 1.82) is 0 Å². The summed E-state index contributed by atoms with van der Waals surface area (Å²) in [6.07, 6.45) is -2.72. The van der Waals surface area contributed by atoms with Crippen LogP contribution in [0, 0.1) is 0 Å². The molecule has 3 rings (SSSR count). The first-order chi connectivity index (χ1) is 13.3. The van der Waals surface area contributed by atoms with Gasteiger partial charge in [-0.25, -0.2) is 4.98 Å². The minimum absolute atomic E-state index is 0.0674. The number of halogens is 3. The molecule has 0 saturated heterocycles. The SMILES string of the molecule is CCSc1nc(C2=CNN(C)N2)cc(=O)n1-c1ccc(OCC(F)(F)F)cc1. The average molecular weight is 413 g/mol. The highest BCUT2D eigenvalue weighted by Crippen LogP contribution is 2.23. The third kappa shape index (κ3) is 4.78. The minimum Gasteiger partial charge on any atom is -0.484 e. The predicted molar refractivity (Wildman–Crippen MR) is 99.8 cm³/mol. The zero-order valence-corrected chi connectivity index (χ0v) is 15.9. The lowest BCUT2D eigenvalue weighted by Crippen LogP contribution is -2.34. The Morgan fingerprint density at radius 2 is 1.96 bits per heavy atom. The maximum atomic E-state index is 12.8. The van der Waals surface area contributed by atoms with Gasteiger partial charge in [-0.3, -0.25) is 14.8 Å². The van der Waals surface area contributed by atoms with E-state index in [1.54, 1.807) is 18.4 Å². The number of rotatable bonds is 6. The van der Waals surface area contributed by atoms with Crippen LogP contribution in [0.25, 0.3) is 11.4 Å². The summed E-state index contributed by atoms with van der Waals surface area (Å²) in [5, 5.41) is 2.10. The molecule has 0 amide bonds. The number of alkyl halides is 3. The number of hydrazine groups is 2. The van der Waals surface area contributed by atoms with Crippen LogP contribution in [-0.2, 0) is 0 Å². The highest BCUT2D eigenvalue weighted by atomic mass is 32.2. The van der Waals surface area contributed by atoms with Crippen molar-refractivity contribution in [2.45, 2.75) is 18.3 Å². The van der Waals surface area contributed by atoms with Crippen molar-refractivity contribution in [1.82, 2.24) is 25.5 Å². The molecule has 1 aliphatic rings. The largest absolute Gasteiger partial charge is 0.484 e. The van der Waals surface area contributed by atoms with Gasteiger partial charge in [-0.1, -0.05) is 18.7 Å². The quantitative estimate of drug-likeness (QED) is 0.557. The first kappa shape index (κ1) is 20.1. The van der Waals surface area contributed by atoms with Crippen molar-refractivity contribution in [3.05, 3.63) is 52.6 Å². The number of hydrogen-bond acceptors (Lipinski definition) is 7. The number of hydrogen-bond donors (Lipinski definition) is 2. The van der Waals surface area contributed by atoms with Crippen LogP contribution in [0.15, 0.2) is 46.5 Å². The second-order valence-electron chi connectivity index (χ2n) is 5.79. The van der Waals surface area contributed by atoms with Crippen LogP contribution in [0.5, 0.6) is 5.75 Å². The van der Waals surface area contributed by atoms with Crippen LogP contribution in [0.2, 0.25) is 0 Å². The van der Waals surface area contributed by atoms with Gasteiger partial charge in [0.1, 0.15) is 5.75 Å². The van der Waals surface area contributed by atoms with E-state index in [2.05, 4.69) is 15.8 Å². The Kier molecular flexibility index (Phi) is 5.84. The highest BCUT2D eigenvalue weighted by Gasteiger charge is 2.28. The molecule has 11 heteroatoms. The van der Waals surface area contributed by atoms with Crippen LogP contribution in [0.4, 0.5) is 13.2 Å². The van der Waals surface area contributed by atoms with Gasteiger partial charge in [0.2, 0.25) is 0 Å². The molecular formula is C17H18F3N5O2S. The summed E-state index contributed by atoms with van der Waals surface area (Å²) < 4.78 is 42.9. The van der Waals surface area contributed by atoms with Gasteiger partial charge in [0.15, 0.2) is 11.8 Å². The van der Waals surface area contributed by atoms with E-state index in [-0.39, 0.29) is 11.3 Å². The number of aromatic nitrogens is 2. The molecule has 0 unspecified atom stereocenters. The third-order valence-electron chi connectivity index (χ3n) is 3.63. The second kappa shape index (κ2) is 8.15. The molecule has 0 atom stereocenters. The van der Waals surface area contributed by atoms with Crippen LogP contribution in [0.1, 0.15) is 12.6 Å². The molecule has 0 saturated carbocycles. The summed E-state index contributed by atoms with van der Waals surface area (Å²) in [6.45, 7) is 0.564. The van der Waals surface area contributed by atoms with Crippen molar-refractivity contribution < 1.29 is 17.9 Å². The fraction of sp³-hybridized carbons (Fsp3) is 0.294. The predicted octanol–water partition coefficient (Wildman–Crippen LogP) is 2.54. The molecule has 2 N–H and O–H groups in total. The molecule has 0 fully saturated rings. The lowest BCUT2D eigenvalue weighted by molar-refractivity contribution is -0.153. The lowest BCUT2D eigenvalue weighted by Gasteiger charge is -2.15. The minimum atomic E-state index is -4.41. The molecule has 150 valence electrons. The third-order valence-corrected chi connectivity index (χ3v) is 4.45. The van der Waals surface area contributed by atoms with E-state index in [0.717, 1.165) is 0 Å². The summed E-state index contributed by atoms with van der Waals surface area (Å²) in [5.41, 5.74) is 7.26. The molecule has 28 heavy (non-hydrogen) atoms. The van der Waals surface area contributed by atoms with Gasteiger partial charge >= 0.3 is 6.18 Å². The molecule has 0 aliphatic carbocycles. The Labute approximate surface area is 163 Å². The summed E-state index contributed by atoms with van der Waals surface area (Å²) in [5.74, 6) is 0.755. The van der Waals surface area contributed by atoms with E-state index in [1.807, 2.05) is 6.92 Å². The summed E-state index contributed by atoms with van der Waals surface area (Å²) in [4.78, 5) is 17.3. The second-order valence-corrected chi connectivity index (χ2v) is 7.02. The smallest absolute Gasteiger partial charge is 0.422 e. The zero-order valence-electron chi connectivity index (χ0n) is 15.1. The van der Waals surface area contributed by atoms with Gasteiger partial charge in [0, 0.05) is 19.3 Å². The van der Waals surface area contributed by atoms with Crippen LogP contribution >= 0.6 is 11.8 Å². The van der Waals surface area contributed by atoms with E-state index < -0.39 is 12.8 Å². The maximum Gasteiger partial charge on any atom is 0.422 e. The molecule has 1 aliphatic heterocycles. The van der Waals surface area contributed by atoms with Crippen molar-refractivity contribution in [3.63, 3.8) is 0 Å². The Morgan fingerprint density at radius 1 is 1.25 bits per heavy atom. The topological polar surface area (TPSA) is 71.4 Å². The number of nitrogens with one attached hydrogen (secondary N) is 2. The molecule has 1 aromatic heterocycles. The monoisotopic (exact) mass is 413 g/mol. The Morgan fingerprint density at radius 3 is 2.54 bits per heavy atom. The van der Waals surface area contributed by atoms with Crippen molar-refractivity contribution in [2.75, 3.05) is 19.4 Å². The fourth-order valence-electron chi connectivity index (χ4n) is 2.46. The van der Waals surface area contributed by atoms with Gasteiger partial charge in [-0.05, 0) is 30.0 Å². The van der Waals surface area contributed by atoms with Gasteiger partial charge in [-0.15, -0.1) is 5.12 Å². The molecule has 0 bridgehead atoms. The standard InChI is InChI=1S/C17H18F3N5O2S/c1-3-28-16-22-13(14-9-21-24(2)23-14)8-15(26)25(16)11-4-6-12(7-5-11)27-10-17(18,19)20/h4-9,21,23H,3,10H2,1-2H3. The fourth-order valence-corrected chi connectivity index (χ4v) is 3.20. The van der Waals surface area contributed by atoms with Crippen LogP contribution in [-0.4, -0.2) is 40.3 Å². The number of thioether (sulfide) groups is 1. The van der Waals surface area contributed by atoms with Crippen molar-refractivity contribution in [3.8, 4) is 11.4 Å².